The number of rotatable bonds is 6. The van der Waals surface area contributed by atoms with E-state index in [-0.39, 0.29) is 0 Å². The van der Waals surface area contributed by atoms with Gasteiger partial charge in [0.15, 0.2) is 0 Å². The van der Waals surface area contributed by atoms with Gasteiger partial charge in [-0.25, -0.2) is 4.79 Å². The Hall–Kier alpha value is -3.40. The van der Waals surface area contributed by atoms with Gasteiger partial charge in [0.05, 0.1) is 0 Å². The molecule has 3 aromatic rings. The van der Waals surface area contributed by atoms with Gasteiger partial charge in [0.25, 0.3) is 5.91 Å². The molecule has 0 spiro atoms. The molecule has 2 N–H and O–H groups in total. The molecule has 1 atom stereocenters. The zero-order valence-corrected chi connectivity index (χ0v) is 15.9. The standard InChI is InChI=1S/C24H23NO3/c1-16-13-17(2)15-20(14-16)23(26)25-22(24(27)28)21(18-9-5-3-6-10-18)19-11-7-4-8-12-19/h3-15,21-22H,1-2H3,(H,25,26)(H,27,28)/t22-/m0/s1. The maximum Gasteiger partial charge on any atom is 0.327 e. The summed E-state index contributed by atoms with van der Waals surface area (Å²) in [6, 6.07) is 23.2. The number of amides is 1. The minimum Gasteiger partial charge on any atom is -0.480 e. The summed E-state index contributed by atoms with van der Waals surface area (Å²) in [6.45, 7) is 3.82. The van der Waals surface area contributed by atoms with E-state index in [1.165, 1.54) is 0 Å². The lowest BCUT2D eigenvalue weighted by atomic mass is 9.85. The molecular formula is C24H23NO3. The van der Waals surface area contributed by atoms with E-state index >= 15 is 0 Å². The van der Waals surface area contributed by atoms with Crippen molar-refractivity contribution in [1.82, 2.24) is 5.32 Å². The number of benzene rings is 3. The summed E-state index contributed by atoms with van der Waals surface area (Å²) in [5.41, 5.74) is 4.05. The highest BCUT2D eigenvalue weighted by Gasteiger charge is 2.32. The molecule has 28 heavy (non-hydrogen) atoms. The van der Waals surface area contributed by atoms with Crippen molar-refractivity contribution in [3.05, 3.63) is 107 Å². The zero-order chi connectivity index (χ0) is 20.1. The number of carboxylic acid groups (broad SMARTS) is 1. The monoisotopic (exact) mass is 373 g/mol. The lowest BCUT2D eigenvalue weighted by Crippen LogP contribution is -2.45. The number of aryl methyl sites for hydroxylation is 2. The number of hydrogen-bond acceptors (Lipinski definition) is 2. The Kier molecular flexibility index (Phi) is 5.90. The number of nitrogens with one attached hydrogen (secondary N) is 1. The molecule has 0 aliphatic rings. The average molecular weight is 373 g/mol. The summed E-state index contributed by atoms with van der Waals surface area (Å²) in [7, 11) is 0. The summed E-state index contributed by atoms with van der Waals surface area (Å²) < 4.78 is 0. The SMILES string of the molecule is Cc1cc(C)cc(C(=O)N[C@H](C(=O)O)C(c2ccccc2)c2ccccc2)c1. The van der Waals surface area contributed by atoms with E-state index in [0.29, 0.717) is 5.56 Å². The normalized spacial score (nSPS) is 11.8. The topological polar surface area (TPSA) is 66.4 Å². The van der Waals surface area contributed by atoms with Crippen LogP contribution in [0.5, 0.6) is 0 Å². The van der Waals surface area contributed by atoms with E-state index < -0.39 is 23.8 Å². The van der Waals surface area contributed by atoms with Crippen molar-refractivity contribution in [3.8, 4) is 0 Å². The lowest BCUT2D eigenvalue weighted by Gasteiger charge is -2.26. The van der Waals surface area contributed by atoms with Crippen molar-refractivity contribution < 1.29 is 14.7 Å². The van der Waals surface area contributed by atoms with Gasteiger partial charge in [0, 0.05) is 11.5 Å². The Bertz CT molecular complexity index is 908. The van der Waals surface area contributed by atoms with Crippen LogP contribution in [-0.2, 0) is 4.79 Å². The molecule has 4 nitrogen and oxygen atoms in total. The summed E-state index contributed by atoms with van der Waals surface area (Å²) in [5, 5.41) is 12.7. The molecule has 0 aliphatic carbocycles. The Morgan fingerprint density at radius 3 is 1.68 bits per heavy atom. The van der Waals surface area contributed by atoms with Crippen LogP contribution < -0.4 is 5.32 Å². The minimum absolute atomic E-state index is 0.393. The van der Waals surface area contributed by atoms with Gasteiger partial charge < -0.3 is 10.4 Å². The molecule has 4 heteroatoms. The maximum atomic E-state index is 12.9. The zero-order valence-electron chi connectivity index (χ0n) is 15.9. The predicted molar refractivity (Wildman–Crippen MR) is 110 cm³/mol. The van der Waals surface area contributed by atoms with Gasteiger partial charge in [0.1, 0.15) is 6.04 Å². The summed E-state index contributed by atoms with van der Waals surface area (Å²) in [6.07, 6.45) is 0. The van der Waals surface area contributed by atoms with Crippen molar-refractivity contribution in [2.45, 2.75) is 25.8 Å². The fourth-order valence-electron chi connectivity index (χ4n) is 3.52. The Morgan fingerprint density at radius 1 is 0.786 bits per heavy atom. The number of carbonyl (C=O) groups excluding carboxylic acids is 1. The van der Waals surface area contributed by atoms with E-state index in [1.54, 1.807) is 12.1 Å². The molecule has 3 aromatic carbocycles. The first kappa shape index (κ1) is 19.4. The number of hydrogen-bond donors (Lipinski definition) is 2. The molecule has 142 valence electrons. The molecule has 0 heterocycles. The largest absolute Gasteiger partial charge is 0.480 e. The molecule has 0 unspecified atom stereocenters. The fraction of sp³-hybridized carbons (Fsp3) is 0.167. The van der Waals surface area contributed by atoms with Crippen LogP contribution in [0, 0.1) is 13.8 Å². The lowest BCUT2D eigenvalue weighted by molar-refractivity contribution is -0.139. The molecule has 0 aliphatic heterocycles. The maximum absolute atomic E-state index is 12.9. The Labute approximate surface area is 164 Å². The molecule has 0 fully saturated rings. The van der Waals surface area contributed by atoms with E-state index in [0.717, 1.165) is 22.3 Å². The summed E-state index contributed by atoms with van der Waals surface area (Å²) >= 11 is 0. The van der Waals surface area contributed by atoms with E-state index in [2.05, 4.69) is 5.32 Å². The third kappa shape index (κ3) is 4.46. The molecule has 1 amide bonds. The van der Waals surface area contributed by atoms with Crippen LogP contribution in [0.4, 0.5) is 0 Å². The Balaban J connectivity index is 2.00. The fourth-order valence-corrected chi connectivity index (χ4v) is 3.52. The average Bonchev–Trinajstić information content (AvgIpc) is 2.68. The van der Waals surface area contributed by atoms with Crippen molar-refractivity contribution in [2.75, 3.05) is 0 Å². The second-order valence-corrected chi connectivity index (χ2v) is 6.96. The predicted octanol–water partition coefficient (Wildman–Crippen LogP) is 4.32. The van der Waals surface area contributed by atoms with Crippen LogP contribution in [0.15, 0.2) is 78.9 Å². The van der Waals surface area contributed by atoms with Crippen LogP contribution in [-0.4, -0.2) is 23.0 Å². The number of carboxylic acids is 1. The van der Waals surface area contributed by atoms with E-state index in [4.69, 9.17) is 0 Å². The molecule has 3 rings (SSSR count). The van der Waals surface area contributed by atoms with Crippen LogP contribution in [0.3, 0.4) is 0 Å². The van der Waals surface area contributed by atoms with Gasteiger partial charge in [0.2, 0.25) is 0 Å². The van der Waals surface area contributed by atoms with Crippen LogP contribution in [0.25, 0.3) is 0 Å². The van der Waals surface area contributed by atoms with E-state index in [1.807, 2.05) is 80.6 Å². The molecular weight excluding hydrogens is 350 g/mol. The second-order valence-electron chi connectivity index (χ2n) is 6.96. The van der Waals surface area contributed by atoms with Crippen LogP contribution in [0.1, 0.15) is 38.5 Å². The highest BCUT2D eigenvalue weighted by Crippen LogP contribution is 2.28. The first-order chi connectivity index (χ1) is 13.5. The highest BCUT2D eigenvalue weighted by atomic mass is 16.4. The molecule has 0 aromatic heterocycles. The number of aliphatic carboxylic acids is 1. The third-order valence-corrected chi connectivity index (χ3v) is 4.69. The quantitative estimate of drug-likeness (QED) is 0.676. The van der Waals surface area contributed by atoms with Crippen molar-refractivity contribution in [1.29, 1.82) is 0 Å². The summed E-state index contributed by atoms with van der Waals surface area (Å²) in [5.74, 6) is -1.97. The van der Waals surface area contributed by atoms with Gasteiger partial charge in [-0.1, -0.05) is 77.9 Å². The molecule has 0 radical (unpaired) electrons. The van der Waals surface area contributed by atoms with Crippen LogP contribution in [0.2, 0.25) is 0 Å². The van der Waals surface area contributed by atoms with Crippen molar-refractivity contribution in [3.63, 3.8) is 0 Å². The Morgan fingerprint density at radius 2 is 1.25 bits per heavy atom. The second kappa shape index (κ2) is 8.53. The smallest absolute Gasteiger partial charge is 0.327 e. The van der Waals surface area contributed by atoms with Gasteiger partial charge >= 0.3 is 5.97 Å². The molecule has 0 saturated heterocycles. The minimum atomic E-state index is -1.10. The van der Waals surface area contributed by atoms with Crippen LogP contribution >= 0.6 is 0 Å². The van der Waals surface area contributed by atoms with Gasteiger partial charge in [-0.15, -0.1) is 0 Å². The van der Waals surface area contributed by atoms with E-state index in [9.17, 15) is 14.7 Å². The van der Waals surface area contributed by atoms with Gasteiger partial charge in [-0.3, -0.25) is 4.79 Å². The third-order valence-electron chi connectivity index (χ3n) is 4.69. The van der Waals surface area contributed by atoms with Crippen molar-refractivity contribution >= 4 is 11.9 Å². The first-order valence-electron chi connectivity index (χ1n) is 9.17. The highest BCUT2D eigenvalue weighted by molar-refractivity contribution is 5.97. The first-order valence-corrected chi connectivity index (χ1v) is 9.17. The summed E-state index contributed by atoms with van der Waals surface area (Å²) in [4.78, 5) is 25.0. The van der Waals surface area contributed by atoms with Crippen molar-refractivity contribution in [2.24, 2.45) is 0 Å². The molecule has 0 bridgehead atoms. The van der Waals surface area contributed by atoms with Gasteiger partial charge in [-0.2, -0.15) is 0 Å². The van der Waals surface area contributed by atoms with Gasteiger partial charge in [-0.05, 0) is 37.1 Å². The number of carbonyl (C=O) groups is 2. The molecule has 0 saturated carbocycles.